The fourth-order valence-electron chi connectivity index (χ4n) is 2.21. The first-order valence-electron chi connectivity index (χ1n) is 6.88. The van der Waals surface area contributed by atoms with Crippen LogP contribution in [0.15, 0.2) is 36.4 Å². The molecule has 0 atom stereocenters. The summed E-state index contributed by atoms with van der Waals surface area (Å²) in [5.74, 6) is -1.06. The summed E-state index contributed by atoms with van der Waals surface area (Å²) >= 11 is 1.51. The van der Waals surface area contributed by atoms with Gasteiger partial charge in [0, 0.05) is 21.9 Å². The maximum absolute atomic E-state index is 13.8. The molecule has 0 amide bonds. The van der Waals surface area contributed by atoms with Crippen molar-refractivity contribution >= 4 is 17.3 Å². The SMILES string of the molecule is CCCN(CC(=O)O)Cc1ccc(-c2ccccc2F)s1. The Balaban J connectivity index is 2.12. The fraction of sp³-hybridized carbons (Fsp3) is 0.312. The first kappa shape index (κ1) is 15.7. The van der Waals surface area contributed by atoms with Crippen LogP contribution in [0.4, 0.5) is 4.39 Å². The molecule has 0 unspecified atom stereocenters. The van der Waals surface area contributed by atoms with E-state index in [0.717, 1.165) is 22.7 Å². The van der Waals surface area contributed by atoms with Crippen molar-refractivity contribution in [2.75, 3.05) is 13.1 Å². The predicted molar refractivity (Wildman–Crippen MR) is 82.9 cm³/mol. The molecule has 0 saturated carbocycles. The summed E-state index contributed by atoms with van der Waals surface area (Å²) in [7, 11) is 0. The van der Waals surface area contributed by atoms with Crippen molar-refractivity contribution in [3.8, 4) is 10.4 Å². The number of aliphatic carboxylic acids is 1. The van der Waals surface area contributed by atoms with Crippen LogP contribution in [0.25, 0.3) is 10.4 Å². The van der Waals surface area contributed by atoms with Crippen molar-refractivity contribution in [2.24, 2.45) is 0 Å². The molecule has 1 N–H and O–H groups in total. The van der Waals surface area contributed by atoms with E-state index in [1.165, 1.54) is 17.4 Å². The Morgan fingerprint density at radius 3 is 2.71 bits per heavy atom. The van der Waals surface area contributed by atoms with Gasteiger partial charge < -0.3 is 5.11 Å². The van der Waals surface area contributed by atoms with Crippen molar-refractivity contribution in [1.29, 1.82) is 0 Å². The van der Waals surface area contributed by atoms with Crippen LogP contribution in [0, 0.1) is 5.82 Å². The number of carboxylic acids is 1. The van der Waals surface area contributed by atoms with Crippen LogP contribution in [-0.4, -0.2) is 29.1 Å². The normalized spacial score (nSPS) is 11.0. The van der Waals surface area contributed by atoms with Gasteiger partial charge >= 0.3 is 5.97 Å². The molecule has 0 aliphatic heterocycles. The molecule has 0 radical (unpaired) electrons. The lowest BCUT2D eigenvalue weighted by molar-refractivity contribution is -0.138. The molecular weight excluding hydrogens is 289 g/mol. The molecule has 0 spiro atoms. The second kappa shape index (κ2) is 7.33. The average Bonchev–Trinajstić information content (AvgIpc) is 2.87. The summed E-state index contributed by atoms with van der Waals surface area (Å²) in [4.78, 5) is 14.7. The second-order valence-electron chi connectivity index (χ2n) is 4.85. The van der Waals surface area contributed by atoms with Crippen molar-refractivity contribution in [1.82, 2.24) is 4.90 Å². The summed E-state index contributed by atoms with van der Waals surface area (Å²) in [5.41, 5.74) is 0.592. The number of rotatable bonds is 7. The highest BCUT2D eigenvalue weighted by atomic mass is 32.1. The van der Waals surface area contributed by atoms with Gasteiger partial charge in [-0.2, -0.15) is 0 Å². The van der Waals surface area contributed by atoms with Crippen LogP contribution in [-0.2, 0) is 11.3 Å². The third-order valence-electron chi connectivity index (χ3n) is 3.08. The Hall–Kier alpha value is -1.72. The molecule has 1 aromatic carbocycles. The molecule has 112 valence electrons. The van der Waals surface area contributed by atoms with Gasteiger partial charge in [0.1, 0.15) is 5.82 Å². The zero-order chi connectivity index (χ0) is 15.2. The van der Waals surface area contributed by atoms with Crippen molar-refractivity contribution in [3.05, 3.63) is 47.1 Å². The van der Waals surface area contributed by atoms with E-state index >= 15 is 0 Å². The van der Waals surface area contributed by atoms with E-state index in [4.69, 9.17) is 5.11 Å². The van der Waals surface area contributed by atoms with Gasteiger partial charge in [-0.3, -0.25) is 9.69 Å². The maximum Gasteiger partial charge on any atom is 0.317 e. The second-order valence-corrected chi connectivity index (χ2v) is 6.02. The van der Waals surface area contributed by atoms with Gasteiger partial charge in [-0.25, -0.2) is 4.39 Å². The Labute approximate surface area is 127 Å². The van der Waals surface area contributed by atoms with Gasteiger partial charge in [0.15, 0.2) is 0 Å². The number of hydrogen-bond acceptors (Lipinski definition) is 3. The molecule has 5 heteroatoms. The van der Waals surface area contributed by atoms with Crippen LogP contribution in [0.5, 0.6) is 0 Å². The van der Waals surface area contributed by atoms with Gasteiger partial charge in [0.25, 0.3) is 0 Å². The van der Waals surface area contributed by atoms with Crippen molar-refractivity contribution in [2.45, 2.75) is 19.9 Å². The zero-order valence-corrected chi connectivity index (χ0v) is 12.7. The van der Waals surface area contributed by atoms with Crippen molar-refractivity contribution < 1.29 is 14.3 Å². The Morgan fingerprint density at radius 2 is 2.05 bits per heavy atom. The van der Waals surface area contributed by atoms with Crippen LogP contribution in [0.1, 0.15) is 18.2 Å². The molecule has 0 saturated heterocycles. The summed E-state index contributed by atoms with van der Waals surface area (Å²) in [6.45, 7) is 3.37. The molecule has 1 heterocycles. The van der Waals surface area contributed by atoms with Crippen LogP contribution in [0.3, 0.4) is 0 Å². The van der Waals surface area contributed by atoms with Gasteiger partial charge in [0.2, 0.25) is 0 Å². The minimum Gasteiger partial charge on any atom is -0.480 e. The lowest BCUT2D eigenvalue weighted by Crippen LogP contribution is -2.29. The first-order valence-corrected chi connectivity index (χ1v) is 7.69. The largest absolute Gasteiger partial charge is 0.480 e. The van der Waals surface area contributed by atoms with E-state index in [-0.39, 0.29) is 12.4 Å². The maximum atomic E-state index is 13.8. The van der Waals surface area contributed by atoms with Crippen molar-refractivity contribution in [3.63, 3.8) is 0 Å². The Kier molecular flexibility index (Phi) is 5.47. The van der Waals surface area contributed by atoms with Gasteiger partial charge in [-0.1, -0.05) is 25.1 Å². The average molecular weight is 307 g/mol. The van der Waals surface area contributed by atoms with E-state index in [1.54, 1.807) is 12.1 Å². The highest BCUT2D eigenvalue weighted by molar-refractivity contribution is 7.15. The predicted octanol–water partition coefficient (Wildman–Crippen LogP) is 3.85. The Bertz CT molecular complexity index is 612. The molecule has 0 bridgehead atoms. The number of carbonyl (C=O) groups is 1. The molecule has 0 fully saturated rings. The van der Waals surface area contributed by atoms with E-state index < -0.39 is 5.97 Å². The molecule has 0 aliphatic carbocycles. The molecular formula is C16H18FNO2S. The quantitative estimate of drug-likeness (QED) is 0.844. The third-order valence-corrected chi connectivity index (χ3v) is 4.18. The van der Waals surface area contributed by atoms with E-state index in [9.17, 15) is 9.18 Å². The topological polar surface area (TPSA) is 40.5 Å². The minimum absolute atomic E-state index is 0.0285. The van der Waals surface area contributed by atoms with Crippen LogP contribution < -0.4 is 0 Å². The number of thiophene rings is 1. The molecule has 0 aliphatic rings. The lowest BCUT2D eigenvalue weighted by atomic mass is 10.2. The standard InChI is InChI=1S/C16H18FNO2S/c1-2-9-18(11-16(19)20)10-12-7-8-15(21-12)13-5-3-4-6-14(13)17/h3-8H,2,9-11H2,1H3,(H,19,20). The van der Waals surface area contributed by atoms with Gasteiger partial charge in [0.05, 0.1) is 6.54 Å². The zero-order valence-electron chi connectivity index (χ0n) is 11.9. The highest BCUT2D eigenvalue weighted by Gasteiger charge is 2.12. The number of carboxylic acid groups (broad SMARTS) is 1. The number of benzene rings is 1. The van der Waals surface area contributed by atoms with Gasteiger partial charge in [-0.15, -0.1) is 11.3 Å². The monoisotopic (exact) mass is 307 g/mol. The molecule has 2 rings (SSSR count). The van der Waals surface area contributed by atoms with E-state index in [2.05, 4.69) is 0 Å². The summed E-state index contributed by atoms with van der Waals surface area (Å²) in [5, 5.41) is 8.92. The minimum atomic E-state index is -0.825. The van der Waals surface area contributed by atoms with Crippen LogP contribution >= 0.6 is 11.3 Å². The van der Waals surface area contributed by atoms with E-state index in [0.29, 0.717) is 12.1 Å². The molecule has 2 aromatic rings. The smallest absolute Gasteiger partial charge is 0.317 e. The number of hydrogen-bond donors (Lipinski definition) is 1. The number of nitrogens with zero attached hydrogens (tertiary/aromatic N) is 1. The number of halogens is 1. The Morgan fingerprint density at radius 1 is 1.29 bits per heavy atom. The summed E-state index contributed by atoms with van der Waals surface area (Å²) < 4.78 is 13.8. The molecule has 1 aromatic heterocycles. The van der Waals surface area contributed by atoms with E-state index in [1.807, 2.05) is 30.0 Å². The fourth-order valence-corrected chi connectivity index (χ4v) is 3.29. The first-order chi connectivity index (χ1) is 10.1. The van der Waals surface area contributed by atoms with Crippen LogP contribution in [0.2, 0.25) is 0 Å². The van der Waals surface area contributed by atoms with Gasteiger partial charge in [-0.05, 0) is 31.2 Å². The molecule has 3 nitrogen and oxygen atoms in total. The highest BCUT2D eigenvalue weighted by Crippen LogP contribution is 2.30. The third kappa shape index (κ3) is 4.37. The summed E-state index contributed by atoms with van der Waals surface area (Å²) in [6, 6.07) is 10.5. The lowest BCUT2D eigenvalue weighted by Gasteiger charge is -2.18. The summed E-state index contributed by atoms with van der Waals surface area (Å²) in [6.07, 6.45) is 0.902. The molecule has 21 heavy (non-hydrogen) atoms.